The molecule has 3 aromatic heterocycles. The van der Waals surface area contributed by atoms with E-state index in [-0.39, 0.29) is 17.6 Å². The summed E-state index contributed by atoms with van der Waals surface area (Å²) in [5.74, 6) is -0.252. The van der Waals surface area contributed by atoms with E-state index >= 15 is 0 Å². The van der Waals surface area contributed by atoms with Crippen molar-refractivity contribution in [2.45, 2.75) is 6.54 Å². The fourth-order valence-corrected chi connectivity index (χ4v) is 3.69. The summed E-state index contributed by atoms with van der Waals surface area (Å²) in [5.41, 5.74) is 1.88. The van der Waals surface area contributed by atoms with Crippen molar-refractivity contribution >= 4 is 28.2 Å². The molecule has 1 aromatic carbocycles. The Morgan fingerprint density at radius 2 is 1.97 bits per heavy atom. The molecule has 0 aliphatic heterocycles. The van der Waals surface area contributed by atoms with Crippen LogP contribution < -0.4 is 5.32 Å². The van der Waals surface area contributed by atoms with Gasteiger partial charge in [-0.3, -0.25) is 9.59 Å². The van der Waals surface area contributed by atoms with E-state index in [1.54, 1.807) is 47.1 Å². The molecule has 7 nitrogen and oxygen atoms in total. The number of aromatic nitrogens is 2. The summed E-state index contributed by atoms with van der Waals surface area (Å²) in [6.07, 6.45) is 5.09. The molecule has 2 amide bonds. The van der Waals surface area contributed by atoms with Crippen LogP contribution in [-0.4, -0.2) is 33.5 Å². The number of carbonyl (C=O) groups excluding carboxylic acids is 2. The number of anilines is 1. The van der Waals surface area contributed by atoms with E-state index in [4.69, 9.17) is 4.42 Å². The van der Waals surface area contributed by atoms with Gasteiger partial charge in [0.1, 0.15) is 0 Å². The number of furan rings is 1. The molecule has 0 aliphatic carbocycles. The molecule has 8 heteroatoms. The second-order valence-corrected chi connectivity index (χ2v) is 7.47. The Morgan fingerprint density at radius 3 is 2.72 bits per heavy atom. The lowest BCUT2D eigenvalue weighted by Crippen LogP contribution is -2.25. The summed E-state index contributed by atoms with van der Waals surface area (Å²) in [6.45, 7) is 0.428. The second kappa shape index (κ2) is 8.15. The normalized spacial score (nSPS) is 10.7. The van der Waals surface area contributed by atoms with Crippen LogP contribution in [0.25, 0.3) is 5.69 Å². The van der Waals surface area contributed by atoms with Crippen LogP contribution in [-0.2, 0) is 6.54 Å². The number of nitrogens with zero attached hydrogens (tertiary/aromatic N) is 3. The van der Waals surface area contributed by atoms with Crippen molar-refractivity contribution < 1.29 is 14.0 Å². The topological polar surface area (TPSA) is 80.4 Å². The van der Waals surface area contributed by atoms with Gasteiger partial charge < -0.3 is 14.6 Å². The summed E-state index contributed by atoms with van der Waals surface area (Å²) in [4.78, 5) is 26.9. The minimum atomic E-state index is -0.350. The largest absolute Gasteiger partial charge is 0.459 e. The van der Waals surface area contributed by atoms with Gasteiger partial charge in [0.05, 0.1) is 28.0 Å². The SMILES string of the molecule is CN(Cc1cnn(-c2ccccc2)c1)C(=O)c1ccc(NC(=O)c2ccco2)s1. The molecular weight excluding hydrogens is 388 g/mol. The van der Waals surface area contributed by atoms with Crippen molar-refractivity contribution in [2.75, 3.05) is 12.4 Å². The highest BCUT2D eigenvalue weighted by molar-refractivity contribution is 7.18. The van der Waals surface area contributed by atoms with Crippen LogP contribution >= 0.6 is 11.3 Å². The number of amides is 2. The van der Waals surface area contributed by atoms with Crippen molar-refractivity contribution in [1.82, 2.24) is 14.7 Å². The van der Waals surface area contributed by atoms with Crippen LogP contribution in [0.1, 0.15) is 25.8 Å². The fourth-order valence-electron chi connectivity index (χ4n) is 2.80. The molecule has 0 saturated carbocycles. The lowest BCUT2D eigenvalue weighted by atomic mass is 10.3. The Kier molecular flexibility index (Phi) is 5.26. The molecule has 0 unspecified atom stereocenters. The van der Waals surface area contributed by atoms with Gasteiger partial charge in [0.25, 0.3) is 11.8 Å². The predicted octanol–water partition coefficient (Wildman–Crippen LogP) is 4.05. The zero-order valence-corrected chi connectivity index (χ0v) is 16.4. The fraction of sp³-hybridized carbons (Fsp3) is 0.0952. The number of hydrogen-bond donors (Lipinski definition) is 1. The average molecular weight is 406 g/mol. The van der Waals surface area contributed by atoms with Crippen molar-refractivity contribution in [3.8, 4) is 5.69 Å². The number of rotatable bonds is 6. The molecule has 3 heterocycles. The number of para-hydroxylation sites is 1. The summed E-state index contributed by atoms with van der Waals surface area (Å²) in [6, 6.07) is 16.4. The van der Waals surface area contributed by atoms with Crippen molar-refractivity contribution in [2.24, 2.45) is 0 Å². The molecule has 4 aromatic rings. The first-order valence-electron chi connectivity index (χ1n) is 8.89. The highest BCUT2D eigenvalue weighted by Crippen LogP contribution is 2.24. The van der Waals surface area contributed by atoms with E-state index in [9.17, 15) is 9.59 Å². The minimum absolute atomic E-state index is 0.124. The minimum Gasteiger partial charge on any atom is -0.459 e. The molecule has 29 heavy (non-hydrogen) atoms. The second-order valence-electron chi connectivity index (χ2n) is 6.39. The van der Waals surface area contributed by atoms with Gasteiger partial charge in [0.15, 0.2) is 5.76 Å². The maximum absolute atomic E-state index is 12.7. The zero-order chi connectivity index (χ0) is 20.2. The van der Waals surface area contributed by atoms with Gasteiger partial charge in [-0.25, -0.2) is 4.68 Å². The molecular formula is C21H18N4O3S. The first-order chi connectivity index (χ1) is 14.1. The first kappa shape index (κ1) is 18.7. The summed E-state index contributed by atoms with van der Waals surface area (Å²) in [7, 11) is 1.74. The molecule has 0 radical (unpaired) electrons. The van der Waals surface area contributed by atoms with Gasteiger partial charge in [-0.15, -0.1) is 11.3 Å². The number of thiophene rings is 1. The molecule has 4 rings (SSSR count). The Balaban J connectivity index is 1.39. The molecule has 146 valence electrons. The van der Waals surface area contributed by atoms with Gasteiger partial charge in [-0.1, -0.05) is 18.2 Å². The quantitative estimate of drug-likeness (QED) is 0.524. The number of hydrogen-bond acceptors (Lipinski definition) is 5. The third kappa shape index (κ3) is 4.27. The van der Waals surface area contributed by atoms with Crippen LogP contribution in [0.5, 0.6) is 0 Å². The Morgan fingerprint density at radius 1 is 1.14 bits per heavy atom. The maximum atomic E-state index is 12.7. The number of benzene rings is 1. The third-order valence-electron chi connectivity index (χ3n) is 4.22. The van der Waals surface area contributed by atoms with E-state index in [0.29, 0.717) is 16.4 Å². The number of nitrogens with one attached hydrogen (secondary N) is 1. The average Bonchev–Trinajstić information content (AvgIpc) is 3.50. The van der Waals surface area contributed by atoms with Crippen LogP contribution in [0, 0.1) is 0 Å². The van der Waals surface area contributed by atoms with Crippen molar-refractivity contribution in [1.29, 1.82) is 0 Å². The van der Waals surface area contributed by atoms with Crippen LogP contribution in [0.4, 0.5) is 5.00 Å². The zero-order valence-electron chi connectivity index (χ0n) is 15.6. The highest BCUT2D eigenvalue weighted by Gasteiger charge is 2.17. The van der Waals surface area contributed by atoms with Crippen LogP contribution in [0.15, 0.2) is 77.7 Å². The van der Waals surface area contributed by atoms with Gasteiger partial charge in [0.2, 0.25) is 0 Å². The number of carbonyl (C=O) groups is 2. The monoisotopic (exact) mass is 406 g/mol. The van der Waals surface area contributed by atoms with Crippen molar-refractivity contribution in [3.05, 3.63) is 89.5 Å². The van der Waals surface area contributed by atoms with Crippen LogP contribution in [0.3, 0.4) is 0 Å². The van der Waals surface area contributed by atoms with Gasteiger partial charge in [-0.2, -0.15) is 5.10 Å². The van der Waals surface area contributed by atoms with Gasteiger partial charge >= 0.3 is 0 Å². The van der Waals surface area contributed by atoms with Gasteiger partial charge in [-0.05, 0) is 36.4 Å². The van der Waals surface area contributed by atoms with Crippen LogP contribution in [0.2, 0.25) is 0 Å². The molecule has 1 N–H and O–H groups in total. The lowest BCUT2D eigenvalue weighted by Gasteiger charge is -2.14. The molecule has 0 fully saturated rings. The Hall–Kier alpha value is -3.65. The molecule has 0 bridgehead atoms. The summed E-state index contributed by atoms with van der Waals surface area (Å²) >= 11 is 1.22. The van der Waals surface area contributed by atoms with Gasteiger partial charge in [0, 0.05) is 25.4 Å². The molecule has 0 saturated heterocycles. The molecule has 0 aliphatic rings. The highest BCUT2D eigenvalue weighted by atomic mass is 32.1. The van der Waals surface area contributed by atoms with Crippen molar-refractivity contribution in [3.63, 3.8) is 0 Å². The van der Waals surface area contributed by atoms with E-state index in [1.807, 2.05) is 36.5 Å². The van der Waals surface area contributed by atoms with E-state index in [0.717, 1.165) is 11.3 Å². The van der Waals surface area contributed by atoms with E-state index in [1.165, 1.54) is 17.6 Å². The summed E-state index contributed by atoms with van der Waals surface area (Å²) < 4.78 is 6.85. The maximum Gasteiger partial charge on any atom is 0.291 e. The van der Waals surface area contributed by atoms with E-state index < -0.39 is 0 Å². The first-order valence-corrected chi connectivity index (χ1v) is 9.71. The Bertz CT molecular complexity index is 1120. The standard InChI is InChI=1S/C21H18N4O3S/c1-24(13-15-12-22-25(14-15)16-6-3-2-4-7-16)21(27)18-9-10-19(29-18)23-20(26)17-8-5-11-28-17/h2-12,14H,13H2,1H3,(H,23,26). The smallest absolute Gasteiger partial charge is 0.291 e. The summed E-state index contributed by atoms with van der Waals surface area (Å²) in [5, 5.41) is 7.67. The molecule has 0 spiro atoms. The Labute approximate surface area is 171 Å². The van der Waals surface area contributed by atoms with E-state index in [2.05, 4.69) is 10.4 Å². The lowest BCUT2D eigenvalue weighted by molar-refractivity contribution is 0.0789. The predicted molar refractivity (Wildman–Crippen MR) is 110 cm³/mol. The third-order valence-corrected chi connectivity index (χ3v) is 5.21. The molecule has 0 atom stereocenters.